The van der Waals surface area contributed by atoms with Gasteiger partial charge in [0.05, 0.1) is 27.5 Å². The van der Waals surface area contributed by atoms with Crippen molar-refractivity contribution in [1.82, 2.24) is 15.2 Å². The van der Waals surface area contributed by atoms with Crippen molar-refractivity contribution in [2.24, 2.45) is 11.1 Å². The summed E-state index contributed by atoms with van der Waals surface area (Å²) in [6, 6.07) is -2.71. The summed E-state index contributed by atoms with van der Waals surface area (Å²) in [6.07, 6.45) is 0.939. The van der Waals surface area contributed by atoms with Crippen LogP contribution in [-0.2, 0) is 44.2 Å². The SMILES string of the molecule is CC/C=C(\C(=O)N[C@@H]1C(=O)N2C(C(=O)OCOC(=O)C(C)(C)C)C(COC(N)=O)=CS(=O)[C@H]12)c1csc(N)n1. The number of nitrogens with two attached hydrogens (primary N) is 2. The van der Waals surface area contributed by atoms with Crippen molar-refractivity contribution < 1.29 is 42.4 Å². The number of rotatable bonds is 9. The van der Waals surface area contributed by atoms with E-state index in [0.717, 1.165) is 21.6 Å². The standard InChI is InChI=1S/C23H29N5O9S2/c1-5-6-12(13-8-38-21(24)26-13)16(29)27-14-17(30)28-15(19(31)36-10-37-20(32)23(2,3)4)11(7-35-22(25)33)9-39(34)18(14)28/h6,8-9,14-15,18H,5,7,10H2,1-4H3,(H2,24,26)(H2,25,33)(H,27,29)/b12-6-/t14-,15?,18-,39?/m1/s1. The number of anilines is 1. The van der Waals surface area contributed by atoms with E-state index in [1.165, 1.54) is 0 Å². The summed E-state index contributed by atoms with van der Waals surface area (Å²) < 4.78 is 27.8. The molecule has 4 atom stereocenters. The van der Waals surface area contributed by atoms with Crippen molar-refractivity contribution in [3.05, 3.63) is 28.1 Å². The molecule has 5 N–H and O–H groups in total. The van der Waals surface area contributed by atoms with Gasteiger partial charge in [0.25, 0.3) is 5.91 Å². The Labute approximate surface area is 230 Å². The summed E-state index contributed by atoms with van der Waals surface area (Å²) in [5.74, 6) is -3.03. The van der Waals surface area contributed by atoms with Crippen molar-refractivity contribution in [3.8, 4) is 0 Å². The molecule has 0 aliphatic carbocycles. The molecule has 0 bridgehead atoms. The molecule has 2 aliphatic heterocycles. The first-order valence-corrected chi connectivity index (χ1v) is 13.8. The fraction of sp³-hybridized carbons (Fsp3) is 0.478. The van der Waals surface area contributed by atoms with E-state index in [2.05, 4.69) is 10.3 Å². The number of carbonyl (C=O) groups excluding carboxylic acids is 5. The van der Waals surface area contributed by atoms with Crippen molar-refractivity contribution in [2.45, 2.75) is 51.6 Å². The number of hydrogen-bond acceptors (Lipinski definition) is 12. The lowest BCUT2D eigenvalue weighted by molar-refractivity contribution is -0.179. The highest BCUT2D eigenvalue weighted by Crippen LogP contribution is 2.35. The van der Waals surface area contributed by atoms with Crippen LogP contribution in [0.3, 0.4) is 0 Å². The van der Waals surface area contributed by atoms with Gasteiger partial charge in [-0.05, 0) is 27.2 Å². The normalized spacial score (nSPS) is 22.7. The fourth-order valence-electron chi connectivity index (χ4n) is 3.72. The van der Waals surface area contributed by atoms with Crippen LogP contribution in [0, 0.1) is 5.41 Å². The van der Waals surface area contributed by atoms with Crippen molar-refractivity contribution in [2.75, 3.05) is 19.1 Å². The number of nitrogens with zero attached hydrogens (tertiary/aromatic N) is 2. The van der Waals surface area contributed by atoms with E-state index in [1.54, 1.807) is 32.2 Å². The molecule has 2 unspecified atom stereocenters. The smallest absolute Gasteiger partial charge is 0.404 e. The number of nitrogens with one attached hydrogen (secondary N) is 1. The van der Waals surface area contributed by atoms with Crippen molar-refractivity contribution in [3.63, 3.8) is 0 Å². The van der Waals surface area contributed by atoms with E-state index in [1.807, 2.05) is 6.92 Å². The molecule has 39 heavy (non-hydrogen) atoms. The van der Waals surface area contributed by atoms with E-state index < -0.39 is 76.9 Å². The minimum atomic E-state index is -1.91. The average molecular weight is 584 g/mol. The summed E-state index contributed by atoms with van der Waals surface area (Å²) in [5.41, 5.74) is 10.3. The Hall–Kier alpha value is -3.79. The lowest BCUT2D eigenvalue weighted by Gasteiger charge is -2.51. The highest BCUT2D eigenvalue weighted by molar-refractivity contribution is 7.88. The number of ether oxygens (including phenoxy) is 3. The number of fused-ring (bicyclic) bond motifs is 1. The number of allylic oxidation sites excluding steroid dienone is 1. The zero-order chi connectivity index (χ0) is 29.1. The maximum absolute atomic E-state index is 13.2. The van der Waals surface area contributed by atoms with Gasteiger partial charge in [-0.3, -0.25) is 18.6 Å². The number of aromatic nitrogens is 1. The second-order valence-corrected chi connectivity index (χ2v) is 11.7. The molecule has 3 rings (SSSR count). The van der Waals surface area contributed by atoms with Crippen LogP contribution in [0.15, 0.2) is 22.4 Å². The molecule has 3 amide bonds. The van der Waals surface area contributed by atoms with E-state index >= 15 is 0 Å². The first kappa shape index (κ1) is 29.8. The summed E-state index contributed by atoms with van der Waals surface area (Å²) >= 11 is 1.14. The maximum atomic E-state index is 13.2. The van der Waals surface area contributed by atoms with Crippen LogP contribution < -0.4 is 16.8 Å². The molecule has 16 heteroatoms. The van der Waals surface area contributed by atoms with E-state index in [-0.39, 0.29) is 16.3 Å². The number of thiazole rings is 1. The zero-order valence-corrected chi connectivity index (χ0v) is 23.3. The van der Waals surface area contributed by atoms with Crippen LogP contribution in [0.25, 0.3) is 5.57 Å². The highest BCUT2D eigenvalue weighted by Gasteiger charge is 2.59. The number of amides is 3. The molecule has 1 saturated heterocycles. The van der Waals surface area contributed by atoms with Crippen molar-refractivity contribution >= 4 is 62.7 Å². The molecule has 0 radical (unpaired) electrons. The Kier molecular flexibility index (Phi) is 9.11. The van der Waals surface area contributed by atoms with Crippen LogP contribution in [-0.4, -0.2) is 74.8 Å². The molecular weight excluding hydrogens is 554 g/mol. The maximum Gasteiger partial charge on any atom is 0.404 e. The van der Waals surface area contributed by atoms with Gasteiger partial charge in [-0.1, -0.05) is 13.0 Å². The predicted octanol–water partition coefficient (Wildman–Crippen LogP) is 0.372. The topological polar surface area (TPSA) is 210 Å². The first-order chi connectivity index (χ1) is 18.3. The van der Waals surface area contributed by atoms with Crippen LogP contribution in [0.1, 0.15) is 39.8 Å². The number of esters is 2. The van der Waals surface area contributed by atoms with Gasteiger partial charge >= 0.3 is 18.0 Å². The molecule has 14 nitrogen and oxygen atoms in total. The second kappa shape index (κ2) is 11.9. The molecule has 0 saturated carbocycles. The Morgan fingerprint density at radius 3 is 2.49 bits per heavy atom. The van der Waals surface area contributed by atoms with Gasteiger partial charge in [-0.15, -0.1) is 11.3 Å². The largest absolute Gasteiger partial charge is 0.445 e. The van der Waals surface area contributed by atoms with E-state index in [9.17, 15) is 28.2 Å². The molecule has 1 aromatic rings. The lowest BCUT2D eigenvalue weighted by atomic mass is 9.97. The number of hydrogen-bond donors (Lipinski definition) is 3. The second-order valence-electron chi connectivity index (χ2n) is 9.48. The summed E-state index contributed by atoms with van der Waals surface area (Å²) in [5, 5.41) is 4.43. The number of β-lactam (4-membered cyclic amide) rings is 1. The molecule has 1 fully saturated rings. The number of nitrogen functional groups attached to an aromatic ring is 1. The number of primary amides is 1. The van der Waals surface area contributed by atoms with Gasteiger partial charge in [0, 0.05) is 16.4 Å². The zero-order valence-electron chi connectivity index (χ0n) is 21.6. The lowest BCUT2D eigenvalue weighted by Crippen LogP contribution is -2.76. The molecule has 0 spiro atoms. The third-order valence-corrected chi connectivity index (χ3v) is 7.74. The minimum absolute atomic E-state index is 0.0295. The quantitative estimate of drug-likeness (QED) is 0.156. The van der Waals surface area contributed by atoms with Gasteiger partial charge in [0.15, 0.2) is 11.2 Å². The van der Waals surface area contributed by atoms with Gasteiger partial charge in [-0.2, -0.15) is 0 Å². The minimum Gasteiger partial charge on any atom is -0.445 e. The Morgan fingerprint density at radius 1 is 1.23 bits per heavy atom. The average Bonchev–Trinajstić information content (AvgIpc) is 3.28. The molecule has 0 aromatic carbocycles. The Balaban J connectivity index is 1.81. The molecule has 3 heterocycles. The summed E-state index contributed by atoms with van der Waals surface area (Å²) in [7, 11) is -1.91. The summed E-state index contributed by atoms with van der Waals surface area (Å²) in [6.45, 7) is 5.34. The van der Waals surface area contributed by atoms with Gasteiger partial charge < -0.3 is 35.9 Å². The van der Waals surface area contributed by atoms with Crippen LogP contribution in [0.4, 0.5) is 9.93 Å². The van der Waals surface area contributed by atoms with Gasteiger partial charge in [-0.25, -0.2) is 14.6 Å². The monoisotopic (exact) mass is 583 g/mol. The van der Waals surface area contributed by atoms with Crippen LogP contribution in [0.5, 0.6) is 0 Å². The van der Waals surface area contributed by atoms with Gasteiger partial charge in [0.2, 0.25) is 12.7 Å². The number of carbonyl (C=O) groups is 5. The Morgan fingerprint density at radius 2 is 1.92 bits per heavy atom. The third-order valence-electron chi connectivity index (χ3n) is 5.56. The third kappa shape index (κ3) is 6.62. The fourth-order valence-corrected chi connectivity index (χ4v) is 5.82. The molecular formula is C23H29N5O9S2. The first-order valence-electron chi connectivity index (χ1n) is 11.7. The van der Waals surface area contributed by atoms with Crippen LogP contribution >= 0.6 is 11.3 Å². The summed E-state index contributed by atoms with van der Waals surface area (Å²) in [4.78, 5) is 67.5. The van der Waals surface area contributed by atoms with Crippen LogP contribution in [0.2, 0.25) is 0 Å². The van der Waals surface area contributed by atoms with E-state index in [0.29, 0.717) is 12.1 Å². The predicted molar refractivity (Wildman–Crippen MR) is 139 cm³/mol. The highest BCUT2D eigenvalue weighted by atomic mass is 32.2. The van der Waals surface area contributed by atoms with Crippen molar-refractivity contribution in [1.29, 1.82) is 0 Å². The Bertz CT molecular complexity index is 1270. The van der Waals surface area contributed by atoms with Gasteiger partial charge in [0.1, 0.15) is 18.0 Å². The van der Waals surface area contributed by atoms with E-state index in [4.69, 9.17) is 25.7 Å². The molecule has 2 aliphatic rings. The molecule has 212 valence electrons. The molecule has 1 aromatic heterocycles.